The minimum absolute atomic E-state index is 0.135. The summed E-state index contributed by atoms with van der Waals surface area (Å²) in [7, 11) is -3.24. The molecule has 22 heavy (non-hydrogen) atoms. The van der Waals surface area contributed by atoms with E-state index >= 15 is 0 Å². The number of benzene rings is 2. The Hall–Kier alpha value is -1.87. The summed E-state index contributed by atoms with van der Waals surface area (Å²) in [4.78, 5) is 0.692. The van der Waals surface area contributed by atoms with E-state index < -0.39 is 7.37 Å². The molecule has 1 atom stereocenters. The molecule has 110 valence electrons. The normalized spacial score (nSPS) is 19.1. The van der Waals surface area contributed by atoms with Gasteiger partial charge >= 0.3 is 7.37 Å². The van der Waals surface area contributed by atoms with Gasteiger partial charge in [0, 0.05) is 10.4 Å². The zero-order valence-electron chi connectivity index (χ0n) is 11.6. The van der Waals surface area contributed by atoms with Gasteiger partial charge in [0.1, 0.15) is 5.75 Å². The van der Waals surface area contributed by atoms with Gasteiger partial charge in [-0.25, -0.2) is 0 Å². The summed E-state index contributed by atoms with van der Waals surface area (Å²) in [5, 5.41) is 12.7. The number of hydrogen-bond donors (Lipinski definition) is 1. The van der Waals surface area contributed by atoms with Crippen molar-refractivity contribution < 1.29 is 14.2 Å². The summed E-state index contributed by atoms with van der Waals surface area (Å²) in [6.45, 7) is -0.135. The van der Waals surface area contributed by atoms with Gasteiger partial charge in [-0.1, -0.05) is 36.4 Å². The highest BCUT2D eigenvalue weighted by molar-refractivity contribution is 7.75. The van der Waals surface area contributed by atoms with Gasteiger partial charge in [0.05, 0.1) is 17.2 Å². The molecule has 0 radical (unpaired) electrons. The lowest BCUT2D eigenvalue weighted by Crippen LogP contribution is -2.26. The second kappa shape index (κ2) is 5.10. The van der Waals surface area contributed by atoms with E-state index in [-0.39, 0.29) is 6.61 Å². The van der Waals surface area contributed by atoms with E-state index in [1.54, 1.807) is 6.07 Å². The quantitative estimate of drug-likeness (QED) is 0.732. The van der Waals surface area contributed by atoms with Crippen molar-refractivity contribution in [3.05, 3.63) is 64.9 Å². The Balaban J connectivity index is 2.02. The highest BCUT2D eigenvalue weighted by Crippen LogP contribution is 2.54. The smallest absolute Gasteiger partial charge is 0.308 e. The summed E-state index contributed by atoms with van der Waals surface area (Å²) in [6.07, 6.45) is 0. The Bertz CT molecular complexity index is 900. The van der Waals surface area contributed by atoms with Crippen molar-refractivity contribution in [2.45, 2.75) is 6.61 Å². The Morgan fingerprint density at radius 2 is 1.68 bits per heavy atom. The molecule has 3 aromatic rings. The van der Waals surface area contributed by atoms with Crippen LogP contribution >= 0.6 is 18.7 Å². The van der Waals surface area contributed by atoms with Crippen LogP contribution in [-0.4, -0.2) is 5.11 Å². The van der Waals surface area contributed by atoms with Crippen molar-refractivity contribution in [2.24, 2.45) is 0 Å². The van der Waals surface area contributed by atoms with Crippen LogP contribution in [0.3, 0.4) is 0 Å². The van der Waals surface area contributed by atoms with Crippen molar-refractivity contribution in [3.63, 3.8) is 0 Å². The molecule has 0 fully saturated rings. The number of para-hydroxylation sites is 1. The first-order valence-electron chi connectivity index (χ1n) is 6.90. The topological polar surface area (TPSA) is 46.5 Å². The second-order valence-corrected chi connectivity index (χ2v) is 8.29. The zero-order valence-corrected chi connectivity index (χ0v) is 13.3. The maximum atomic E-state index is 13.7. The van der Waals surface area contributed by atoms with E-state index in [2.05, 4.69) is 0 Å². The predicted molar refractivity (Wildman–Crippen MR) is 89.6 cm³/mol. The molecule has 0 aliphatic carbocycles. The lowest BCUT2D eigenvalue weighted by atomic mass is 10.0. The highest BCUT2D eigenvalue weighted by atomic mass is 32.1. The van der Waals surface area contributed by atoms with Gasteiger partial charge < -0.3 is 9.63 Å². The zero-order chi connectivity index (χ0) is 15.2. The van der Waals surface area contributed by atoms with Gasteiger partial charge in [-0.3, -0.25) is 4.57 Å². The van der Waals surface area contributed by atoms with Gasteiger partial charge in [-0.2, -0.15) is 0 Å². The number of thiophene rings is 1. The molecule has 1 unspecified atom stereocenters. The third kappa shape index (κ3) is 1.88. The fraction of sp³-hybridized carbons (Fsp3) is 0.0588. The molecule has 0 spiro atoms. The number of aliphatic hydroxyl groups is 1. The summed E-state index contributed by atoms with van der Waals surface area (Å²) in [5.41, 5.74) is 1.88. The Morgan fingerprint density at radius 1 is 0.955 bits per heavy atom. The fourth-order valence-electron chi connectivity index (χ4n) is 2.81. The number of hydrogen-bond acceptors (Lipinski definition) is 4. The molecule has 2 heterocycles. The van der Waals surface area contributed by atoms with E-state index in [9.17, 15) is 9.67 Å². The average molecular weight is 328 g/mol. The third-order valence-electron chi connectivity index (χ3n) is 3.81. The van der Waals surface area contributed by atoms with Crippen LogP contribution in [0, 0.1) is 0 Å². The average Bonchev–Trinajstić information content (AvgIpc) is 3.05. The van der Waals surface area contributed by atoms with Crippen LogP contribution in [0.1, 0.15) is 4.88 Å². The standard InChI is InChI=1S/C17H13O3PS/c18-11-17-16(9-10-22-17)21(19)15-8-4-2-6-13(15)12-5-1-3-7-14(12)20-21/h1-10,18H,11H2. The van der Waals surface area contributed by atoms with Gasteiger partial charge in [0.25, 0.3) is 0 Å². The third-order valence-corrected chi connectivity index (χ3v) is 7.40. The fourth-order valence-corrected chi connectivity index (χ4v) is 6.42. The molecule has 2 aromatic carbocycles. The van der Waals surface area contributed by atoms with Crippen LogP contribution in [0.15, 0.2) is 60.0 Å². The van der Waals surface area contributed by atoms with Crippen molar-refractivity contribution in [1.82, 2.24) is 0 Å². The van der Waals surface area contributed by atoms with Gasteiger partial charge in [0.2, 0.25) is 0 Å². The number of fused-ring (bicyclic) bond motifs is 3. The Labute approximate surface area is 132 Å². The summed E-state index contributed by atoms with van der Waals surface area (Å²) in [6, 6.07) is 17.0. The lowest BCUT2D eigenvalue weighted by molar-refractivity contribution is 0.286. The van der Waals surface area contributed by atoms with Crippen molar-refractivity contribution >= 4 is 29.3 Å². The highest BCUT2D eigenvalue weighted by Gasteiger charge is 2.39. The predicted octanol–water partition coefficient (Wildman–Crippen LogP) is 3.53. The molecule has 5 heteroatoms. The molecule has 1 aliphatic rings. The monoisotopic (exact) mass is 328 g/mol. The summed E-state index contributed by atoms with van der Waals surface area (Å²) < 4.78 is 19.7. The van der Waals surface area contributed by atoms with Crippen LogP contribution in [0.5, 0.6) is 5.75 Å². The minimum Gasteiger partial charge on any atom is -0.436 e. The van der Waals surface area contributed by atoms with E-state index in [0.717, 1.165) is 11.1 Å². The Morgan fingerprint density at radius 3 is 2.50 bits per heavy atom. The van der Waals surface area contributed by atoms with Crippen LogP contribution in [-0.2, 0) is 11.2 Å². The largest absolute Gasteiger partial charge is 0.436 e. The lowest BCUT2D eigenvalue weighted by Gasteiger charge is -2.28. The molecule has 1 N–H and O–H groups in total. The van der Waals surface area contributed by atoms with E-state index in [4.69, 9.17) is 4.52 Å². The molecule has 0 bridgehead atoms. The molecule has 0 saturated heterocycles. The van der Waals surface area contributed by atoms with Crippen LogP contribution in [0.2, 0.25) is 0 Å². The van der Waals surface area contributed by atoms with Crippen LogP contribution in [0.4, 0.5) is 0 Å². The molecule has 1 aliphatic heterocycles. The van der Waals surface area contributed by atoms with E-state index in [1.807, 2.05) is 53.9 Å². The summed E-state index contributed by atoms with van der Waals surface area (Å²) >= 11 is 1.40. The first-order chi connectivity index (χ1) is 10.7. The van der Waals surface area contributed by atoms with Gasteiger partial charge in [-0.05, 0) is 29.1 Å². The van der Waals surface area contributed by atoms with Crippen LogP contribution < -0.4 is 15.1 Å². The molecular formula is C17H13O3PS. The van der Waals surface area contributed by atoms with Gasteiger partial charge in [0.15, 0.2) is 0 Å². The molecular weight excluding hydrogens is 315 g/mol. The second-order valence-electron chi connectivity index (χ2n) is 5.04. The molecule has 4 rings (SSSR count). The maximum absolute atomic E-state index is 13.7. The van der Waals surface area contributed by atoms with E-state index in [1.165, 1.54) is 11.3 Å². The molecule has 0 amide bonds. The van der Waals surface area contributed by atoms with Crippen molar-refractivity contribution in [3.8, 4) is 16.9 Å². The minimum atomic E-state index is -3.24. The number of rotatable bonds is 2. The SMILES string of the molecule is O=P1(c2ccsc2CO)Oc2ccccc2-c2ccccc21. The van der Waals surface area contributed by atoms with Gasteiger partial charge in [-0.15, -0.1) is 11.3 Å². The molecule has 1 aromatic heterocycles. The summed E-state index contributed by atoms with van der Waals surface area (Å²) in [5.74, 6) is 0.625. The number of aliphatic hydroxyl groups excluding tert-OH is 1. The van der Waals surface area contributed by atoms with E-state index in [0.29, 0.717) is 21.2 Å². The Kier molecular flexibility index (Phi) is 3.19. The van der Waals surface area contributed by atoms with Crippen molar-refractivity contribution in [1.29, 1.82) is 0 Å². The molecule has 3 nitrogen and oxygen atoms in total. The van der Waals surface area contributed by atoms with Crippen molar-refractivity contribution in [2.75, 3.05) is 0 Å². The first kappa shape index (κ1) is 13.8. The van der Waals surface area contributed by atoms with Crippen LogP contribution in [0.25, 0.3) is 11.1 Å². The molecule has 0 saturated carbocycles. The first-order valence-corrected chi connectivity index (χ1v) is 9.41. The maximum Gasteiger partial charge on any atom is 0.308 e.